The molecule has 0 bridgehead atoms. The fourth-order valence-electron chi connectivity index (χ4n) is 1.84. The van der Waals surface area contributed by atoms with Crippen LogP contribution < -0.4 is 0 Å². The fourth-order valence-corrected chi connectivity index (χ4v) is 1.84. The lowest BCUT2D eigenvalue weighted by Crippen LogP contribution is -2.24. The first-order valence-electron chi connectivity index (χ1n) is 6.15. The van der Waals surface area contributed by atoms with Crippen molar-refractivity contribution in [3.8, 4) is 0 Å². The number of carbonyl (C=O) groups is 2. The van der Waals surface area contributed by atoms with Crippen molar-refractivity contribution < 1.29 is 23.8 Å². The van der Waals surface area contributed by atoms with E-state index in [9.17, 15) is 9.59 Å². The second-order valence-electron chi connectivity index (χ2n) is 3.92. The fraction of sp³-hybridized carbons (Fsp3) is 0.833. The maximum absolute atomic E-state index is 11.4. The molecule has 5 heteroatoms. The standard InChI is InChI=1S/C12H20O5/c1-3-15-11(13)8-6-9-5-7-10(17-9)12(14)16-4-2/h9-10H,3-8H2,1-2H3. The van der Waals surface area contributed by atoms with E-state index in [4.69, 9.17) is 14.2 Å². The number of rotatable bonds is 6. The van der Waals surface area contributed by atoms with Gasteiger partial charge in [0.25, 0.3) is 0 Å². The second-order valence-corrected chi connectivity index (χ2v) is 3.92. The summed E-state index contributed by atoms with van der Waals surface area (Å²) in [7, 11) is 0. The maximum atomic E-state index is 11.4. The molecule has 0 saturated carbocycles. The zero-order valence-electron chi connectivity index (χ0n) is 10.4. The van der Waals surface area contributed by atoms with Crippen LogP contribution in [0.1, 0.15) is 39.5 Å². The lowest BCUT2D eigenvalue weighted by molar-refractivity contribution is -0.156. The van der Waals surface area contributed by atoms with Crippen molar-refractivity contribution in [2.24, 2.45) is 0 Å². The van der Waals surface area contributed by atoms with Crippen LogP contribution in [0.15, 0.2) is 0 Å². The van der Waals surface area contributed by atoms with Crippen LogP contribution in [0.4, 0.5) is 0 Å². The number of hydrogen-bond donors (Lipinski definition) is 0. The van der Waals surface area contributed by atoms with Gasteiger partial charge in [0.05, 0.1) is 19.3 Å². The van der Waals surface area contributed by atoms with E-state index < -0.39 is 6.10 Å². The minimum Gasteiger partial charge on any atom is -0.466 e. The normalized spacial score (nSPS) is 23.4. The third-order valence-corrected chi connectivity index (χ3v) is 2.63. The van der Waals surface area contributed by atoms with Gasteiger partial charge in [0.1, 0.15) is 0 Å². The molecule has 5 nitrogen and oxygen atoms in total. The summed E-state index contributed by atoms with van der Waals surface area (Å²) in [6.07, 6.45) is 1.92. The van der Waals surface area contributed by atoms with Gasteiger partial charge < -0.3 is 14.2 Å². The summed E-state index contributed by atoms with van der Waals surface area (Å²) in [4.78, 5) is 22.5. The minimum absolute atomic E-state index is 0.0335. The van der Waals surface area contributed by atoms with Crippen LogP contribution in [0.3, 0.4) is 0 Å². The summed E-state index contributed by atoms with van der Waals surface area (Å²) >= 11 is 0. The highest BCUT2D eigenvalue weighted by atomic mass is 16.6. The number of ether oxygens (including phenoxy) is 3. The summed E-state index contributed by atoms with van der Waals surface area (Å²) in [6, 6.07) is 0. The molecule has 2 atom stereocenters. The van der Waals surface area contributed by atoms with Crippen LogP contribution in [0.5, 0.6) is 0 Å². The molecule has 98 valence electrons. The van der Waals surface area contributed by atoms with Crippen molar-refractivity contribution in [2.75, 3.05) is 13.2 Å². The molecule has 1 heterocycles. The summed E-state index contributed by atoms with van der Waals surface area (Å²) < 4.78 is 15.2. The molecule has 0 aromatic carbocycles. The van der Waals surface area contributed by atoms with E-state index in [1.165, 1.54) is 0 Å². The van der Waals surface area contributed by atoms with Gasteiger partial charge >= 0.3 is 11.9 Å². The van der Waals surface area contributed by atoms with Crippen molar-refractivity contribution >= 4 is 11.9 Å². The Kier molecular flexibility index (Phi) is 5.97. The SMILES string of the molecule is CCOC(=O)CCC1CCC(C(=O)OCC)O1. The summed E-state index contributed by atoms with van der Waals surface area (Å²) in [5, 5.41) is 0. The first-order chi connectivity index (χ1) is 8.17. The highest BCUT2D eigenvalue weighted by Crippen LogP contribution is 2.24. The monoisotopic (exact) mass is 244 g/mol. The van der Waals surface area contributed by atoms with Crippen LogP contribution in [0.25, 0.3) is 0 Å². The molecule has 1 aliphatic heterocycles. The van der Waals surface area contributed by atoms with Crippen LogP contribution in [0.2, 0.25) is 0 Å². The van der Waals surface area contributed by atoms with Crippen molar-refractivity contribution in [2.45, 2.75) is 51.7 Å². The Labute approximate surface area is 101 Å². The molecule has 0 aliphatic carbocycles. The van der Waals surface area contributed by atoms with Gasteiger partial charge in [0, 0.05) is 6.42 Å². The van der Waals surface area contributed by atoms with E-state index in [0.717, 1.165) is 6.42 Å². The maximum Gasteiger partial charge on any atom is 0.335 e. The molecule has 0 aromatic heterocycles. The van der Waals surface area contributed by atoms with Gasteiger partial charge in [-0.15, -0.1) is 0 Å². The molecule has 1 rings (SSSR count). The first-order valence-corrected chi connectivity index (χ1v) is 6.15. The summed E-state index contributed by atoms with van der Waals surface area (Å²) in [5.74, 6) is -0.512. The van der Waals surface area contributed by atoms with Crippen molar-refractivity contribution in [1.82, 2.24) is 0 Å². The predicted octanol–water partition coefficient (Wildman–Crippen LogP) is 1.44. The number of esters is 2. The Morgan fingerprint density at radius 1 is 1.18 bits per heavy atom. The molecule has 0 aromatic rings. The highest BCUT2D eigenvalue weighted by molar-refractivity contribution is 5.75. The van der Waals surface area contributed by atoms with Crippen molar-refractivity contribution in [3.63, 3.8) is 0 Å². The lowest BCUT2D eigenvalue weighted by atomic mass is 10.1. The van der Waals surface area contributed by atoms with Gasteiger partial charge in [-0.1, -0.05) is 0 Å². The van der Waals surface area contributed by atoms with Crippen LogP contribution in [-0.2, 0) is 23.8 Å². The van der Waals surface area contributed by atoms with Crippen molar-refractivity contribution in [1.29, 1.82) is 0 Å². The highest BCUT2D eigenvalue weighted by Gasteiger charge is 2.31. The molecule has 0 amide bonds. The Morgan fingerprint density at radius 3 is 2.53 bits per heavy atom. The van der Waals surface area contributed by atoms with E-state index in [0.29, 0.717) is 32.5 Å². The molecule has 2 unspecified atom stereocenters. The Bertz CT molecular complexity index is 264. The zero-order valence-corrected chi connectivity index (χ0v) is 10.4. The van der Waals surface area contributed by atoms with Gasteiger partial charge in [-0.25, -0.2) is 4.79 Å². The van der Waals surface area contributed by atoms with E-state index in [-0.39, 0.29) is 18.0 Å². The molecule has 1 fully saturated rings. The summed E-state index contributed by atoms with van der Waals surface area (Å²) in [6.45, 7) is 4.31. The molecular formula is C12H20O5. The third kappa shape index (κ3) is 4.73. The van der Waals surface area contributed by atoms with Crippen molar-refractivity contribution in [3.05, 3.63) is 0 Å². The topological polar surface area (TPSA) is 61.8 Å². The molecule has 0 spiro atoms. The average Bonchev–Trinajstić information content (AvgIpc) is 2.76. The molecule has 17 heavy (non-hydrogen) atoms. The molecule has 0 N–H and O–H groups in total. The number of hydrogen-bond acceptors (Lipinski definition) is 5. The molecule has 1 saturated heterocycles. The van der Waals surface area contributed by atoms with E-state index in [2.05, 4.69) is 0 Å². The predicted molar refractivity (Wildman–Crippen MR) is 60.4 cm³/mol. The van der Waals surface area contributed by atoms with Gasteiger partial charge in [-0.3, -0.25) is 4.79 Å². The van der Waals surface area contributed by atoms with Crippen LogP contribution in [0, 0.1) is 0 Å². The Balaban J connectivity index is 2.21. The molecular weight excluding hydrogens is 224 g/mol. The third-order valence-electron chi connectivity index (χ3n) is 2.63. The Morgan fingerprint density at radius 2 is 1.88 bits per heavy atom. The van der Waals surface area contributed by atoms with E-state index >= 15 is 0 Å². The van der Waals surface area contributed by atoms with E-state index in [1.807, 2.05) is 0 Å². The minimum atomic E-state index is -0.456. The smallest absolute Gasteiger partial charge is 0.335 e. The van der Waals surface area contributed by atoms with Gasteiger partial charge in [0.15, 0.2) is 6.10 Å². The van der Waals surface area contributed by atoms with E-state index in [1.54, 1.807) is 13.8 Å². The number of carbonyl (C=O) groups excluding carboxylic acids is 2. The lowest BCUT2D eigenvalue weighted by Gasteiger charge is -2.12. The second kappa shape index (κ2) is 7.27. The molecule has 1 aliphatic rings. The zero-order chi connectivity index (χ0) is 12.7. The van der Waals surface area contributed by atoms with Gasteiger partial charge in [-0.2, -0.15) is 0 Å². The summed E-state index contributed by atoms with van der Waals surface area (Å²) in [5.41, 5.74) is 0. The van der Waals surface area contributed by atoms with Crippen LogP contribution >= 0.6 is 0 Å². The average molecular weight is 244 g/mol. The molecule has 0 radical (unpaired) electrons. The Hall–Kier alpha value is -1.10. The van der Waals surface area contributed by atoms with Gasteiger partial charge in [0.2, 0.25) is 0 Å². The quantitative estimate of drug-likeness (QED) is 0.662. The van der Waals surface area contributed by atoms with Gasteiger partial charge in [-0.05, 0) is 33.1 Å². The first kappa shape index (κ1) is 14.0. The largest absolute Gasteiger partial charge is 0.466 e. The van der Waals surface area contributed by atoms with Crippen LogP contribution in [-0.4, -0.2) is 37.4 Å².